The number of nitrogens with two attached hydrogens (primary N) is 1. The van der Waals surface area contributed by atoms with E-state index in [1.165, 1.54) is 24.2 Å². The van der Waals surface area contributed by atoms with Crippen molar-refractivity contribution >= 4 is 28.6 Å². The molecule has 116 valence electrons. The zero-order chi connectivity index (χ0) is 15.4. The van der Waals surface area contributed by atoms with Crippen LogP contribution in [0.3, 0.4) is 0 Å². The van der Waals surface area contributed by atoms with Gasteiger partial charge in [0.1, 0.15) is 5.69 Å². The van der Waals surface area contributed by atoms with Gasteiger partial charge < -0.3 is 16.0 Å². The zero-order valence-corrected chi connectivity index (χ0v) is 13.2. The summed E-state index contributed by atoms with van der Waals surface area (Å²) in [5, 5.41) is 5.61. The van der Waals surface area contributed by atoms with Crippen LogP contribution in [-0.2, 0) is 6.42 Å². The van der Waals surface area contributed by atoms with E-state index in [0.717, 1.165) is 29.5 Å². The number of nitrogens with one attached hydrogen (secondary N) is 1. The maximum Gasteiger partial charge on any atom is 0.275 e. The number of benzene rings is 1. The fourth-order valence-electron chi connectivity index (χ4n) is 2.60. The van der Waals surface area contributed by atoms with E-state index in [9.17, 15) is 4.79 Å². The Balaban J connectivity index is 1.69. The Kier molecular flexibility index (Phi) is 4.70. The van der Waals surface area contributed by atoms with Crippen molar-refractivity contribution in [2.75, 3.05) is 29.9 Å². The molecule has 1 aliphatic heterocycles. The van der Waals surface area contributed by atoms with Crippen molar-refractivity contribution < 1.29 is 4.79 Å². The number of hydrogen-bond acceptors (Lipinski definition) is 5. The Bertz CT molecular complexity index is 649. The van der Waals surface area contributed by atoms with Crippen LogP contribution in [0.15, 0.2) is 29.6 Å². The molecule has 6 heteroatoms. The highest BCUT2D eigenvalue weighted by Gasteiger charge is 2.14. The Morgan fingerprint density at radius 1 is 1.36 bits per heavy atom. The molecule has 0 atom stereocenters. The quantitative estimate of drug-likeness (QED) is 0.889. The lowest BCUT2D eigenvalue weighted by Gasteiger charge is -2.18. The molecule has 0 radical (unpaired) electrons. The van der Waals surface area contributed by atoms with Crippen molar-refractivity contribution in [1.29, 1.82) is 0 Å². The van der Waals surface area contributed by atoms with Crippen molar-refractivity contribution in [2.45, 2.75) is 19.3 Å². The van der Waals surface area contributed by atoms with Crippen LogP contribution in [0, 0.1) is 0 Å². The van der Waals surface area contributed by atoms with Gasteiger partial charge in [0.05, 0.1) is 5.01 Å². The van der Waals surface area contributed by atoms with Gasteiger partial charge in [0.2, 0.25) is 0 Å². The van der Waals surface area contributed by atoms with Gasteiger partial charge in [0.25, 0.3) is 5.91 Å². The number of anilines is 2. The van der Waals surface area contributed by atoms with E-state index in [-0.39, 0.29) is 5.91 Å². The molecule has 3 N–H and O–H groups in total. The summed E-state index contributed by atoms with van der Waals surface area (Å²) >= 11 is 1.48. The molecule has 2 aromatic rings. The molecular weight excluding hydrogens is 296 g/mol. The third-order valence-electron chi connectivity index (χ3n) is 3.72. The van der Waals surface area contributed by atoms with Crippen LogP contribution in [0.2, 0.25) is 0 Å². The minimum atomic E-state index is -0.168. The van der Waals surface area contributed by atoms with E-state index >= 15 is 0 Å². The van der Waals surface area contributed by atoms with E-state index in [0.29, 0.717) is 18.7 Å². The first-order valence-electron chi connectivity index (χ1n) is 7.57. The Hall–Kier alpha value is -1.92. The highest BCUT2D eigenvalue weighted by molar-refractivity contribution is 7.09. The third kappa shape index (κ3) is 3.45. The monoisotopic (exact) mass is 316 g/mol. The van der Waals surface area contributed by atoms with Crippen molar-refractivity contribution in [2.24, 2.45) is 5.73 Å². The first kappa shape index (κ1) is 15.0. The molecule has 22 heavy (non-hydrogen) atoms. The molecule has 1 fully saturated rings. The molecule has 0 spiro atoms. The third-order valence-corrected chi connectivity index (χ3v) is 4.63. The van der Waals surface area contributed by atoms with E-state index in [1.807, 2.05) is 18.2 Å². The maximum atomic E-state index is 12.3. The summed E-state index contributed by atoms with van der Waals surface area (Å²) < 4.78 is 0. The van der Waals surface area contributed by atoms with Gasteiger partial charge in [-0.3, -0.25) is 4.79 Å². The molecule has 2 heterocycles. The van der Waals surface area contributed by atoms with Crippen LogP contribution in [0.5, 0.6) is 0 Å². The number of amides is 1. The summed E-state index contributed by atoms with van der Waals surface area (Å²) in [5.74, 6) is -0.168. The fourth-order valence-corrected chi connectivity index (χ4v) is 3.40. The summed E-state index contributed by atoms with van der Waals surface area (Å²) in [5.41, 5.74) is 7.94. The number of carbonyl (C=O) groups is 1. The molecule has 3 rings (SSSR count). The minimum Gasteiger partial charge on any atom is -0.371 e. The smallest absolute Gasteiger partial charge is 0.275 e. The fraction of sp³-hybridized carbons (Fsp3) is 0.375. The van der Waals surface area contributed by atoms with Crippen LogP contribution < -0.4 is 16.0 Å². The predicted molar refractivity (Wildman–Crippen MR) is 90.7 cm³/mol. The van der Waals surface area contributed by atoms with Crippen molar-refractivity contribution in [3.63, 3.8) is 0 Å². The molecule has 0 bridgehead atoms. The average molecular weight is 316 g/mol. The lowest BCUT2D eigenvalue weighted by molar-refractivity contribution is 0.102. The van der Waals surface area contributed by atoms with E-state index < -0.39 is 0 Å². The van der Waals surface area contributed by atoms with Gasteiger partial charge in [-0.05, 0) is 37.6 Å². The number of aromatic nitrogens is 1. The van der Waals surface area contributed by atoms with Crippen LogP contribution in [-0.4, -0.2) is 30.5 Å². The van der Waals surface area contributed by atoms with Crippen LogP contribution in [0.4, 0.5) is 11.4 Å². The van der Waals surface area contributed by atoms with Gasteiger partial charge in [-0.1, -0.05) is 6.07 Å². The predicted octanol–water partition coefficient (Wildman–Crippen LogP) is 2.50. The first-order valence-corrected chi connectivity index (χ1v) is 8.45. The second-order valence-corrected chi connectivity index (χ2v) is 6.31. The molecule has 0 aliphatic carbocycles. The Labute approximate surface area is 134 Å². The second-order valence-electron chi connectivity index (χ2n) is 5.36. The number of rotatable bonds is 5. The van der Waals surface area contributed by atoms with Gasteiger partial charge in [-0.25, -0.2) is 4.98 Å². The zero-order valence-electron chi connectivity index (χ0n) is 12.4. The SMILES string of the molecule is NCCc1nc(C(=O)Nc2cccc(N3CCCC3)c2)cs1. The lowest BCUT2D eigenvalue weighted by atomic mass is 10.2. The van der Waals surface area contributed by atoms with Crippen molar-refractivity contribution in [1.82, 2.24) is 4.98 Å². The standard InChI is InChI=1S/C16H20N4OS/c17-7-6-15-19-14(11-22-15)16(21)18-12-4-3-5-13(10-12)20-8-1-2-9-20/h3-5,10-11H,1-2,6-9,17H2,(H,18,21). The molecule has 0 unspecified atom stereocenters. The first-order chi connectivity index (χ1) is 10.8. The Morgan fingerprint density at radius 3 is 2.95 bits per heavy atom. The molecule has 1 amide bonds. The lowest BCUT2D eigenvalue weighted by Crippen LogP contribution is -2.18. The van der Waals surface area contributed by atoms with Gasteiger partial charge in [-0.15, -0.1) is 11.3 Å². The normalized spacial score (nSPS) is 14.3. The van der Waals surface area contributed by atoms with Crippen molar-refractivity contribution in [3.05, 3.63) is 40.3 Å². The highest BCUT2D eigenvalue weighted by Crippen LogP contribution is 2.23. The van der Waals surface area contributed by atoms with Gasteiger partial charge in [-0.2, -0.15) is 0 Å². The number of hydrogen-bond donors (Lipinski definition) is 2. The molecular formula is C16H20N4OS. The van der Waals surface area contributed by atoms with Crippen molar-refractivity contribution in [3.8, 4) is 0 Å². The second kappa shape index (κ2) is 6.89. The summed E-state index contributed by atoms with van der Waals surface area (Å²) in [6.45, 7) is 2.73. The van der Waals surface area contributed by atoms with Gasteiger partial charge in [0.15, 0.2) is 0 Å². The number of carbonyl (C=O) groups excluding carboxylic acids is 1. The molecule has 1 aromatic heterocycles. The van der Waals surface area contributed by atoms with E-state index in [2.05, 4.69) is 21.3 Å². The molecule has 5 nitrogen and oxygen atoms in total. The summed E-state index contributed by atoms with van der Waals surface area (Å²) in [6, 6.07) is 7.99. The van der Waals surface area contributed by atoms with Gasteiger partial charge >= 0.3 is 0 Å². The van der Waals surface area contributed by atoms with Crippen LogP contribution in [0.1, 0.15) is 28.3 Å². The molecule has 1 saturated heterocycles. The molecule has 1 aliphatic rings. The van der Waals surface area contributed by atoms with Crippen LogP contribution in [0.25, 0.3) is 0 Å². The summed E-state index contributed by atoms with van der Waals surface area (Å²) in [4.78, 5) is 18.9. The summed E-state index contributed by atoms with van der Waals surface area (Å²) in [7, 11) is 0. The summed E-state index contributed by atoms with van der Waals surface area (Å²) in [6.07, 6.45) is 3.18. The highest BCUT2D eigenvalue weighted by atomic mass is 32.1. The number of nitrogens with zero attached hydrogens (tertiary/aromatic N) is 2. The van der Waals surface area contributed by atoms with Gasteiger partial charge in [0, 0.05) is 36.3 Å². The minimum absolute atomic E-state index is 0.168. The molecule has 0 saturated carbocycles. The van der Waals surface area contributed by atoms with E-state index in [1.54, 1.807) is 5.38 Å². The largest absolute Gasteiger partial charge is 0.371 e. The topological polar surface area (TPSA) is 71.2 Å². The Morgan fingerprint density at radius 2 is 2.18 bits per heavy atom. The van der Waals surface area contributed by atoms with E-state index in [4.69, 9.17) is 5.73 Å². The number of thiazole rings is 1. The molecule has 1 aromatic carbocycles. The maximum absolute atomic E-state index is 12.3. The average Bonchev–Trinajstić information content (AvgIpc) is 3.19. The van der Waals surface area contributed by atoms with Crippen LogP contribution >= 0.6 is 11.3 Å².